The highest BCUT2D eigenvalue weighted by Gasteiger charge is 2.86. The number of Topliss-reactive ketones (excluding diaryl/α,β-unsaturated/α-hetero) is 1. The number of hydrogen-bond acceptors (Lipinski definition) is 11. The molecule has 230 valence electrons. The van der Waals surface area contributed by atoms with Crippen molar-refractivity contribution in [3.63, 3.8) is 0 Å². The molecule has 0 amide bonds. The lowest BCUT2D eigenvalue weighted by Crippen LogP contribution is -2.91. The van der Waals surface area contributed by atoms with Gasteiger partial charge in [-0.3, -0.25) is 19.4 Å². The second-order valence-electron chi connectivity index (χ2n) is 13.5. The van der Waals surface area contributed by atoms with Gasteiger partial charge in [0.1, 0.15) is 11.2 Å². The molecule has 40 heavy (non-hydrogen) atoms. The molecule has 1 saturated heterocycles. The number of esters is 1. The second kappa shape index (κ2) is 10.1. The predicted molar refractivity (Wildman–Crippen MR) is 147 cm³/mol. The van der Waals surface area contributed by atoms with Crippen LogP contribution in [0.25, 0.3) is 0 Å². The Hall–Kier alpha value is -1.44. The summed E-state index contributed by atoms with van der Waals surface area (Å²) in [7, 11) is 2.70. The molecule has 2 saturated carbocycles. The van der Waals surface area contributed by atoms with Crippen molar-refractivity contribution in [1.82, 2.24) is 9.80 Å². The average molecular weight is 571 g/mol. The van der Waals surface area contributed by atoms with E-state index in [1.54, 1.807) is 6.92 Å². The Labute approximate surface area is 237 Å². The van der Waals surface area contributed by atoms with E-state index in [0.29, 0.717) is 13.1 Å². The number of aliphatic hydroxyl groups is 5. The van der Waals surface area contributed by atoms with Crippen LogP contribution in [0.15, 0.2) is 12.7 Å². The lowest BCUT2D eigenvalue weighted by Gasteiger charge is -2.74. The van der Waals surface area contributed by atoms with Gasteiger partial charge in [0, 0.05) is 17.8 Å². The van der Waals surface area contributed by atoms with Gasteiger partial charge in [-0.1, -0.05) is 40.7 Å². The number of ether oxygens (including phenoxy) is 2. The average Bonchev–Trinajstić information content (AvgIpc) is 2.85. The molecule has 11 nitrogen and oxygen atoms in total. The van der Waals surface area contributed by atoms with E-state index in [-0.39, 0.29) is 25.8 Å². The van der Waals surface area contributed by atoms with Crippen molar-refractivity contribution in [1.29, 1.82) is 0 Å². The summed E-state index contributed by atoms with van der Waals surface area (Å²) in [5.41, 5.74) is -11.6. The van der Waals surface area contributed by atoms with Crippen molar-refractivity contribution in [3.05, 3.63) is 12.7 Å². The van der Waals surface area contributed by atoms with E-state index in [9.17, 15) is 35.1 Å². The van der Waals surface area contributed by atoms with Crippen molar-refractivity contribution in [3.8, 4) is 0 Å². The van der Waals surface area contributed by atoms with Crippen LogP contribution in [0.4, 0.5) is 0 Å². The number of likely N-dealkylation sites (N-methyl/N-ethyl adjacent to an activating group) is 2. The van der Waals surface area contributed by atoms with E-state index in [2.05, 4.69) is 6.58 Å². The SMILES string of the molecule is C=C[C@@]1(C)CC(=O)[C@]2(O)[C@]3(C)[C@@H]([C@H](O)[C@H](OC(=O)CN(CC)CC)[C@@]2(C)O1)C(C)(C)CC[C@@]3(O)C(O)(O)N(C)C. The highest BCUT2D eigenvalue weighted by Crippen LogP contribution is 2.71. The third-order valence-electron chi connectivity index (χ3n) is 10.6. The highest BCUT2D eigenvalue weighted by atomic mass is 16.6. The van der Waals surface area contributed by atoms with Crippen LogP contribution >= 0.6 is 0 Å². The summed E-state index contributed by atoms with van der Waals surface area (Å²) in [5.74, 6) is -5.52. The molecule has 8 atom stereocenters. The zero-order chi connectivity index (χ0) is 30.9. The number of aliphatic hydroxyl groups excluding tert-OH is 1. The lowest BCUT2D eigenvalue weighted by atomic mass is 9.36. The van der Waals surface area contributed by atoms with E-state index in [1.165, 1.54) is 34.0 Å². The summed E-state index contributed by atoms with van der Waals surface area (Å²) in [6.07, 6.45) is -2.08. The summed E-state index contributed by atoms with van der Waals surface area (Å²) in [6.45, 7) is 16.6. The van der Waals surface area contributed by atoms with Gasteiger partial charge < -0.3 is 35.0 Å². The lowest BCUT2D eigenvalue weighted by molar-refractivity contribution is -0.443. The van der Waals surface area contributed by atoms with Crippen LogP contribution in [0.5, 0.6) is 0 Å². The summed E-state index contributed by atoms with van der Waals surface area (Å²) < 4.78 is 12.4. The van der Waals surface area contributed by atoms with Gasteiger partial charge in [-0.25, -0.2) is 0 Å². The molecule has 0 aromatic heterocycles. The van der Waals surface area contributed by atoms with Crippen molar-refractivity contribution in [2.45, 2.75) is 108 Å². The van der Waals surface area contributed by atoms with E-state index in [4.69, 9.17) is 9.47 Å². The van der Waals surface area contributed by atoms with Crippen LogP contribution in [0.2, 0.25) is 0 Å². The molecular formula is C29H50N2O9. The molecule has 3 fully saturated rings. The van der Waals surface area contributed by atoms with Gasteiger partial charge in [-0.2, -0.15) is 0 Å². The normalized spacial score (nSPS) is 43.3. The van der Waals surface area contributed by atoms with Crippen LogP contribution in [-0.2, 0) is 19.1 Å². The van der Waals surface area contributed by atoms with Gasteiger partial charge in [0.25, 0.3) is 5.91 Å². The zero-order valence-corrected chi connectivity index (χ0v) is 25.5. The third kappa shape index (κ3) is 4.15. The van der Waals surface area contributed by atoms with Crippen molar-refractivity contribution >= 4 is 11.8 Å². The number of carbonyl (C=O) groups is 2. The topological polar surface area (TPSA) is 160 Å². The molecular weight excluding hydrogens is 520 g/mol. The van der Waals surface area contributed by atoms with Gasteiger partial charge >= 0.3 is 5.97 Å². The molecule has 11 heteroatoms. The first kappa shape index (κ1) is 33.1. The summed E-state index contributed by atoms with van der Waals surface area (Å²) >= 11 is 0. The monoisotopic (exact) mass is 570 g/mol. The summed E-state index contributed by atoms with van der Waals surface area (Å²) in [6, 6.07) is 0. The number of ketones is 1. The first-order chi connectivity index (χ1) is 18.1. The quantitative estimate of drug-likeness (QED) is 0.156. The van der Waals surface area contributed by atoms with E-state index >= 15 is 0 Å². The smallest absolute Gasteiger partial charge is 0.320 e. The molecule has 3 rings (SSSR count). The predicted octanol–water partition coefficient (Wildman–Crippen LogP) is 0.412. The van der Waals surface area contributed by atoms with Crippen molar-refractivity contribution in [2.75, 3.05) is 33.7 Å². The highest BCUT2D eigenvalue weighted by molar-refractivity contribution is 5.92. The molecule has 0 radical (unpaired) electrons. The maximum Gasteiger partial charge on any atom is 0.320 e. The largest absolute Gasteiger partial charge is 0.455 e. The van der Waals surface area contributed by atoms with E-state index in [0.717, 1.165) is 4.90 Å². The molecule has 0 unspecified atom stereocenters. The fraction of sp³-hybridized carbons (Fsp3) is 0.862. The van der Waals surface area contributed by atoms with Crippen LogP contribution in [0, 0.1) is 16.7 Å². The van der Waals surface area contributed by atoms with Gasteiger partial charge in [-0.05, 0) is 59.3 Å². The molecule has 0 aromatic carbocycles. The van der Waals surface area contributed by atoms with Gasteiger partial charge in [0.2, 0.25) is 0 Å². The number of fused-ring (bicyclic) bond motifs is 3. The minimum atomic E-state index is -2.93. The molecule has 1 aliphatic heterocycles. The fourth-order valence-electron chi connectivity index (χ4n) is 8.16. The molecule has 2 aliphatic carbocycles. The van der Waals surface area contributed by atoms with Crippen LogP contribution in [0.3, 0.4) is 0 Å². The first-order valence-electron chi connectivity index (χ1n) is 14.1. The fourth-order valence-corrected chi connectivity index (χ4v) is 8.16. The minimum Gasteiger partial charge on any atom is -0.455 e. The maximum atomic E-state index is 14.3. The van der Waals surface area contributed by atoms with Crippen LogP contribution < -0.4 is 0 Å². The minimum absolute atomic E-state index is 0.0936. The zero-order valence-electron chi connectivity index (χ0n) is 25.5. The van der Waals surface area contributed by atoms with E-state index < -0.39 is 69.0 Å². The summed E-state index contributed by atoms with van der Waals surface area (Å²) in [4.78, 5) is 30.4. The van der Waals surface area contributed by atoms with Gasteiger partial charge in [0.15, 0.2) is 17.5 Å². The Balaban J connectivity index is 2.37. The van der Waals surface area contributed by atoms with Crippen molar-refractivity contribution < 1.29 is 44.6 Å². The second-order valence-corrected chi connectivity index (χ2v) is 13.5. The summed E-state index contributed by atoms with van der Waals surface area (Å²) in [5, 5.41) is 60.2. The number of hydrogen-bond donors (Lipinski definition) is 5. The Bertz CT molecular complexity index is 1030. The molecule has 5 N–H and O–H groups in total. The van der Waals surface area contributed by atoms with Crippen molar-refractivity contribution in [2.24, 2.45) is 16.7 Å². The molecule has 0 spiro atoms. The number of rotatable bonds is 8. The van der Waals surface area contributed by atoms with Crippen LogP contribution in [0.1, 0.15) is 67.7 Å². The van der Waals surface area contributed by atoms with Crippen LogP contribution in [-0.4, -0.2) is 121 Å². The van der Waals surface area contributed by atoms with Gasteiger partial charge in [-0.15, -0.1) is 6.58 Å². The number of carbonyl (C=O) groups excluding carboxylic acids is 2. The molecule has 0 aromatic rings. The van der Waals surface area contributed by atoms with Gasteiger partial charge in [0.05, 0.1) is 18.2 Å². The Morgan fingerprint density at radius 2 is 1.68 bits per heavy atom. The number of nitrogens with zero attached hydrogens (tertiary/aromatic N) is 2. The molecule has 0 bridgehead atoms. The first-order valence-corrected chi connectivity index (χ1v) is 14.1. The van der Waals surface area contributed by atoms with E-state index in [1.807, 2.05) is 32.6 Å². The standard InChI is InChI=1S/C29H50N2O9/c1-11-24(6)16-18(32)28(36)25(7)21(23(4,5)14-15-27(25,35)29(37,38)30(9)10)20(34)22(26(28,8)40-24)39-19(33)17-31(12-2)13-3/h11,20-22,34-38H,1,12-17H2,2-10H3/t20-,21-,22-,24-,25+,26+,27-,28-/m0/s1. The molecule has 1 heterocycles. The third-order valence-corrected chi connectivity index (χ3v) is 10.6. The maximum absolute atomic E-state index is 14.3. The Morgan fingerprint density at radius 1 is 1.12 bits per heavy atom. The molecule has 3 aliphatic rings. The Kier molecular flexibility index (Phi) is 8.34. The Morgan fingerprint density at radius 3 is 2.15 bits per heavy atom.